The fourth-order valence-corrected chi connectivity index (χ4v) is 2.52. The lowest BCUT2D eigenvalue weighted by Crippen LogP contribution is -2.34. The molecule has 1 heterocycles. The number of hydrogen-bond donors (Lipinski definition) is 1. The molecule has 1 aliphatic rings. The first kappa shape index (κ1) is 13.9. The minimum absolute atomic E-state index is 0.116. The number of likely N-dealkylation sites (tertiary alicyclic amines) is 1. The fourth-order valence-electron chi connectivity index (χ4n) is 2.52. The van der Waals surface area contributed by atoms with Crippen molar-refractivity contribution in [2.45, 2.75) is 25.8 Å². The van der Waals surface area contributed by atoms with E-state index in [0.717, 1.165) is 24.3 Å². The third kappa shape index (κ3) is 3.26. The van der Waals surface area contributed by atoms with Crippen LogP contribution in [-0.2, 0) is 4.79 Å². The van der Waals surface area contributed by atoms with Gasteiger partial charge in [0, 0.05) is 25.1 Å². The summed E-state index contributed by atoms with van der Waals surface area (Å²) in [5, 5.41) is 3.29. The van der Waals surface area contributed by atoms with E-state index in [-0.39, 0.29) is 11.9 Å². The number of rotatable bonds is 6. The average Bonchev–Trinajstić information content (AvgIpc) is 2.83. The van der Waals surface area contributed by atoms with E-state index in [1.807, 2.05) is 37.1 Å². The summed E-state index contributed by atoms with van der Waals surface area (Å²) in [5.74, 6) is 1.16. The number of para-hydroxylation sites is 1. The van der Waals surface area contributed by atoms with E-state index in [9.17, 15) is 4.79 Å². The Balaban J connectivity index is 2.14. The van der Waals surface area contributed by atoms with Gasteiger partial charge in [-0.1, -0.05) is 18.2 Å². The number of hydrogen-bond acceptors (Lipinski definition) is 3. The number of amides is 1. The van der Waals surface area contributed by atoms with Crippen molar-refractivity contribution in [3.63, 3.8) is 0 Å². The first-order valence-corrected chi connectivity index (χ1v) is 6.93. The Hall–Kier alpha value is -1.55. The van der Waals surface area contributed by atoms with Crippen molar-refractivity contribution in [3.8, 4) is 5.75 Å². The smallest absolute Gasteiger partial charge is 0.222 e. The lowest BCUT2D eigenvalue weighted by molar-refractivity contribution is -0.128. The van der Waals surface area contributed by atoms with Crippen LogP contribution in [0.3, 0.4) is 0 Å². The summed E-state index contributed by atoms with van der Waals surface area (Å²) >= 11 is 0. The van der Waals surface area contributed by atoms with E-state index >= 15 is 0 Å². The number of likely N-dealkylation sites (N-methyl/N-ethyl adjacent to an activating group) is 1. The van der Waals surface area contributed by atoms with Crippen molar-refractivity contribution in [3.05, 3.63) is 29.8 Å². The Kier molecular flexibility index (Phi) is 4.80. The highest BCUT2D eigenvalue weighted by molar-refractivity contribution is 5.78. The normalized spacial score (nSPS) is 16.7. The molecular formula is C15H22N2O2. The molecule has 1 unspecified atom stereocenters. The monoisotopic (exact) mass is 262 g/mol. The van der Waals surface area contributed by atoms with Crippen LogP contribution in [0.1, 0.15) is 31.4 Å². The topological polar surface area (TPSA) is 41.6 Å². The van der Waals surface area contributed by atoms with E-state index in [2.05, 4.69) is 11.4 Å². The number of nitrogens with zero attached hydrogens (tertiary/aromatic N) is 1. The molecule has 1 atom stereocenters. The zero-order valence-corrected chi connectivity index (χ0v) is 11.7. The number of ether oxygens (including phenoxy) is 1. The highest BCUT2D eigenvalue weighted by atomic mass is 16.5. The molecule has 1 amide bonds. The summed E-state index contributed by atoms with van der Waals surface area (Å²) in [6.07, 6.45) is 1.66. The third-order valence-corrected chi connectivity index (χ3v) is 3.52. The molecule has 1 fully saturated rings. The maximum atomic E-state index is 11.7. The maximum absolute atomic E-state index is 11.7. The minimum Gasteiger partial charge on any atom is -0.494 e. The van der Waals surface area contributed by atoms with Gasteiger partial charge in [0.25, 0.3) is 0 Å². The van der Waals surface area contributed by atoms with E-state index in [4.69, 9.17) is 4.74 Å². The second-order valence-electron chi connectivity index (χ2n) is 4.76. The molecule has 0 aromatic heterocycles. The van der Waals surface area contributed by atoms with E-state index in [1.165, 1.54) is 0 Å². The van der Waals surface area contributed by atoms with Gasteiger partial charge in [-0.25, -0.2) is 0 Å². The minimum atomic E-state index is 0.116. The second kappa shape index (κ2) is 6.57. The van der Waals surface area contributed by atoms with E-state index < -0.39 is 0 Å². The van der Waals surface area contributed by atoms with Crippen LogP contribution in [0.2, 0.25) is 0 Å². The molecule has 4 heteroatoms. The molecule has 1 aromatic carbocycles. The highest BCUT2D eigenvalue weighted by Gasteiger charge is 2.24. The van der Waals surface area contributed by atoms with Crippen LogP contribution >= 0.6 is 0 Å². The number of carbonyl (C=O) groups is 1. The summed E-state index contributed by atoms with van der Waals surface area (Å²) in [4.78, 5) is 13.7. The van der Waals surface area contributed by atoms with Crippen LogP contribution in [0.5, 0.6) is 5.75 Å². The molecule has 104 valence electrons. The summed E-state index contributed by atoms with van der Waals surface area (Å²) in [7, 11) is 1.92. The zero-order valence-electron chi connectivity index (χ0n) is 11.7. The van der Waals surface area contributed by atoms with Gasteiger partial charge in [0.1, 0.15) is 5.75 Å². The molecule has 1 N–H and O–H groups in total. The van der Waals surface area contributed by atoms with Gasteiger partial charge >= 0.3 is 0 Å². The summed E-state index contributed by atoms with van der Waals surface area (Å²) < 4.78 is 5.67. The van der Waals surface area contributed by atoms with Crippen molar-refractivity contribution in [1.29, 1.82) is 0 Å². The van der Waals surface area contributed by atoms with Crippen LogP contribution in [0.25, 0.3) is 0 Å². The van der Waals surface area contributed by atoms with E-state index in [1.54, 1.807) is 0 Å². The standard InChI is InChI=1S/C15H22N2O2/c1-3-19-14-8-5-4-7-12(14)13(16-2)11-17-10-6-9-15(17)18/h4-5,7-8,13,16H,3,6,9-11H2,1-2H3. The van der Waals surface area contributed by atoms with Crippen LogP contribution in [-0.4, -0.2) is 37.6 Å². The molecule has 0 aliphatic carbocycles. The third-order valence-electron chi connectivity index (χ3n) is 3.52. The molecule has 19 heavy (non-hydrogen) atoms. The summed E-state index contributed by atoms with van der Waals surface area (Å²) in [5.41, 5.74) is 1.12. The van der Waals surface area contributed by atoms with Crippen molar-refractivity contribution in [2.75, 3.05) is 26.7 Å². The highest BCUT2D eigenvalue weighted by Crippen LogP contribution is 2.26. The van der Waals surface area contributed by atoms with Crippen LogP contribution in [0.15, 0.2) is 24.3 Å². The lowest BCUT2D eigenvalue weighted by atomic mass is 10.1. The Morgan fingerprint density at radius 3 is 2.84 bits per heavy atom. The quantitative estimate of drug-likeness (QED) is 0.852. The predicted molar refractivity (Wildman–Crippen MR) is 75.2 cm³/mol. The molecule has 0 saturated carbocycles. The molecule has 0 bridgehead atoms. The molecule has 1 saturated heterocycles. The SMILES string of the molecule is CCOc1ccccc1C(CN1CCCC1=O)NC. The van der Waals surface area contributed by atoms with Crippen molar-refractivity contribution < 1.29 is 9.53 Å². The Bertz CT molecular complexity index is 434. The van der Waals surface area contributed by atoms with E-state index in [0.29, 0.717) is 19.6 Å². The first-order chi connectivity index (χ1) is 9.26. The van der Waals surface area contributed by atoms with Gasteiger partial charge in [0.2, 0.25) is 5.91 Å². The maximum Gasteiger partial charge on any atom is 0.222 e. The number of carbonyl (C=O) groups excluding carboxylic acids is 1. The fraction of sp³-hybridized carbons (Fsp3) is 0.533. The molecule has 1 aromatic rings. The van der Waals surface area contributed by atoms with Gasteiger partial charge in [0.05, 0.1) is 12.6 Å². The predicted octanol–water partition coefficient (Wildman–Crippen LogP) is 1.97. The number of benzene rings is 1. The zero-order chi connectivity index (χ0) is 13.7. The molecule has 4 nitrogen and oxygen atoms in total. The molecule has 2 rings (SSSR count). The van der Waals surface area contributed by atoms with Gasteiger partial charge < -0.3 is 15.0 Å². The second-order valence-corrected chi connectivity index (χ2v) is 4.76. The number of nitrogens with one attached hydrogen (secondary N) is 1. The Morgan fingerprint density at radius 1 is 1.42 bits per heavy atom. The first-order valence-electron chi connectivity index (χ1n) is 6.93. The molecular weight excluding hydrogens is 240 g/mol. The van der Waals surface area contributed by atoms with Gasteiger partial charge in [-0.3, -0.25) is 4.79 Å². The average molecular weight is 262 g/mol. The molecule has 0 spiro atoms. The summed E-state index contributed by atoms with van der Waals surface area (Å²) in [6, 6.07) is 8.14. The van der Waals surface area contributed by atoms with Gasteiger partial charge in [-0.15, -0.1) is 0 Å². The van der Waals surface area contributed by atoms with Crippen molar-refractivity contribution >= 4 is 5.91 Å². The molecule has 0 radical (unpaired) electrons. The van der Waals surface area contributed by atoms with Crippen molar-refractivity contribution in [1.82, 2.24) is 10.2 Å². The van der Waals surface area contributed by atoms with Crippen molar-refractivity contribution in [2.24, 2.45) is 0 Å². The van der Waals surface area contributed by atoms with Crippen LogP contribution in [0, 0.1) is 0 Å². The van der Waals surface area contributed by atoms with Crippen LogP contribution < -0.4 is 10.1 Å². The summed E-state index contributed by atoms with van der Waals surface area (Å²) in [6.45, 7) is 4.21. The molecule has 1 aliphatic heterocycles. The van der Waals surface area contributed by atoms with Crippen LogP contribution in [0.4, 0.5) is 0 Å². The lowest BCUT2D eigenvalue weighted by Gasteiger charge is -2.25. The Labute approximate surface area is 114 Å². The van der Waals surface area contributed by atoms with Gasteiger partial charge in [-0.05, 0) is 26.5 Å². The largest absolute Gasteiger partial charge is 0.494 e. The Morgan fingerprint density at radius 2 is 2.21 bits per heavy atom. The van der Waals surface area contributed by atoms with Gasteiger partial charge in [-0.2, -0.15) is 0 Å². The van der Waals surface area contributed by atoms with Gasteiger partial charge in [0.15, 0.2) is 0 Å².